The second kappa shape index (κ2) is 7.24. The molecule has 2 aliphatic heterocycles. The predicted molar refractivity (Wildman–Crippen MR) is 94.9 cm³/mol. The predicted octanol–water partition coefficient (Wildman–Crippen LogP) is 1.94. The molecule has 0 aromatic heterocycles. The van der Waals surface area contributed by atoms with Crippen molar-refractivity contribution in [3.63, 3.8) is 0 Å². The molecule has 2 heterocycles. The molecule has 1 saturated heterocycles. The quantitative estimate of drug-likeness (QED) is 0.922. The number of benzene rings is 1. The molecule has 0 saturated carbocycles. The van der Waals surface area contributed by atoms with Crippen molar-refractivity contribution in [1.82, 2.24) is 10.2 Å². The fraction of sp³-hybridized carbons (Fsp3) is 0.579. The van der Waals surface area contributed by atoms with Crippen LogP contribution < -0.4 is 10.2 Å². The van der Waals surface area contributed by atoms with Crippen molar-refractivity contribution in [2.75, 3.05) is 31.6 Å². The number of nitrogens with zero attached hydrogens (tertiary/aromatic N) is 2. The van der Waals surface area contributed by atoms with E-state index in [1.807, 2.05) is 4.90 Å². The third-order valence-electron chi connectivity index (χ3n) is 5.27. The fourth-order valence-electron chi connectivity index (χ4n) is 3.74. The molecular weight excluding hydrogens is 302 g/mol. The molecule has 0 bridgehead atoms. The number of anilines is 1. The van der Waals surface area contributed by atoms with Crippen LogP contribution in [0.4, 0.5) is 5.69 Å². The summed E-state index contributed by atoms with van der Waals surface area (Å²) in [5.41, 5.74) is 3.86. The van der Waals surface area contributed by atoms with Crippen molar-refractivity contribution >= 4 is 17.5 Å². The van der Waals surface area contributed by atoms with Gasteiger partial charge < -0.3 is 15.1 Å². The molecule has 3 rings (SSSR count). The highest BCUT2D eigenvalue weighted by Gasteiger charge is 2.25. The van der Waals surface area contributed by atoms with Crippen molar-refractivity contribution in [2.45, 2.75) is 39.2 Å². The van der Waals surface area contributed by atoms with E-state index in [1.54, 1.807) is 6.92 Å². The zero-order valence-electron chi connectivity index (χ0n) is 14.7. The Morgan fingerprint density at radius 3 is 2.67 bits per heavy atom. The Bertz CT molecular complexity index is 621. The standard InChI is InChI=1S/C19H27N3O2/c1-14(23)22-10-7-16(8-11-22)19(24)20-13-15-5-6-18-17(12-15)4-3-9-21(18)2/h5-6,12,16H,3-4,7-11,13H2,1-2H3,(H,20,24). The molecule has 5 heteroatoms. The molecule has 130 valence electrons. The van der Waals surface area contributed by atoms with Crippen LogP contribution in [-0.4, -0.2) is 43.4 Å². The van der Waals surface area contributed by atoms with E-state index in [0.717, 1.165) is 25.8 Å². The molecule has 24 heavy (non-hydrogen) atoms. The highest BCUT2D eigenvalue weighted by atomic mass is 16.2. The summed E-state index contributed by atoms with van der Waals surface area (Å²) < 4.78 is 0. The van der Waals surface area contributed by atoms with Gasteiger partial charge in [0.15, 0.2) is 0 Å². The summed E-state index contributed by atoms with van der Waals surface area (Å²) >= 11 is 0. The van der Waals surface area contributed by atoms with E-state index in [-0.39, 0.29) is 17.7 Å². The lowest BCUT2D eigenvalue weighted by atomic mass is 9.95. The lowest BCUT2D eigenvalue weighted by Crippen LogP contribution is -2.42. The maximum absolute atomic E-state index is 12.4. The van der Waals surface area contributed by atoms with E-state index < -0.39 is 0 Å². The summed E-state index contributed by atoms with van der Waals surface area (Å²) in [5.74, 6) is 0.255. The number of hydrogen-bond acceptors (Lipinski definition) is 3. The molecule has 2 aliphatic rings. The summed E-state index contributed by atoms with van der Waals surface area (Å²) in [6.45, 7) is 4.68. The van der Waals surface area contributed by atoms with Gasteiger partial charge >= 0.3 is 0 Å². The topological polar surface area (TPSA) is 52.7 Å². The van der Waals surface area contributed by atoms with Crippen molar-refractivity contribution in [1.29, 1.82) is 0 Å². The highest BCUT2D eigenvalue weighted by Crippen LogP contribution is 2.26. The van der Waals surface area contributed by atoms with Crippen molar-refractivity contribution < 1.29 is 9.59 Å². The van der Waals surface area contributed by atoms with Gasteiger partial charge in [-0.2, -0.15) is 0 Å². The van der Waals surface area contributed by atoms with Gasteiger partial charge in [-0.25, -0.2) is 0 Å². The summed E-state index contributed by atoms with van der Waals surface area (Å²) in [6.07, 6.45) is 3.83. The van der Waals surface area contributed by atoms with Gasteiger partial charge in [0.2, 0.25) is 11.8 Å². The van der Waals surface area contributed by atoms with Crippen molar-refractivity contribution in [3.8, 4) is 0 Å². The monoisotopic (exact) mass is 329 g/mol. The number of piperidine rings is 1. The third kappa shape index (κ3) is 3.71. The molecule has 1 fully saturated rings. The summed E-state index contributed by atoms with van der Waals surface area (Å²) in [5, 5.41) is 3.07. The summed E-state index contributed by atoms with van der Waals surface area (Å²) in [4.78, 5) is 27.8. The molecule has 1 aromatic rings. The van der Waals surface area contributed by atoms with Crippen molar-refractivity contribution in [2.24, 2.45) is 5.92 Å². The molecule has 2 amide bonds. The van der Waals surface area contributed by atoms with E-state index in [1.165, 1.54) is 23.2 Å². The van der Waals surface area contributed by atoms with Crippen LogP contribution in [0.1, 0.15) is 37.3 Å². The molecule has 1 N–H and O–H groups in total. The Morgan fingerprint density at radius 2 is 1.96 bits per heavy atom. The first-order valence-electron chi connectivity index (χ1n) is 8.91. The number of hydrogen-bond donors (Lipinski definition) is 1. The Kier molecular flexibility index (Phi) is 5.07. The van der Waals surface area contributed by atoms with Crippen LogP contribution in [0, 0.1) is 5.92 Å². The smallest absolute Gasteiger partial charge is 0.223 e. The fourth-order valence-corrected chi connectivity index (χ4v) is 3.74. The zero-order chi connectivity index (χ0) is 17.1. The number of rotatable bonds is 3. The van der Waals surface area contributed by atoms with Gasteiger partial charge in [0.1, 0.15) is 0 Å². The average Bonchev–Trinajstić information content (AvgIpc) is 2.60. The highest BCUT2D eigenvalue weighted by molar-refractivity contribution is 5.79. The first-order chi connectivity index (χ1) is 11.5. The molecule has 5 nitrogen and oxygen atoms in total. The van der Waals surface area contributed by atoms with Crippen LogP contribution in [-0.2, 0) is 22.6 Å². The van der Waals surface area contributed by atoms with Gasteiger partial charge in [0.25, 0.3) is 0 Å². The average molecular weight is 329 g/mol. The molecule has 0 spiro atoms. The Hall–Kier alpha value is -2.04. The Labute approximate surface area is 144 Å². The normalized spacial score (nSPS) is 18.2. The summed E-state index contributed by atoms with van der Waals surface area (Å²) in [6, 6.07) is 6.50. The van der Waals surface area contributed by atoms with Crippen LogP contribution in [0.3, 0.4) is 0 Å². The van der Waals surface area contributed by atoms with Gasteiger partial charge in [-0.3, -0.25) is 9.59 Å². The van der Waals surface area contributed by atoms with Gasteiger partial charge in [-0.15, -0.1) is 0 Å². The largest absolute Gasteiger partial charge is 0.374 e. The molecule has 0 aliphatic carbocycles. The Morgan fingerprint density at radius 1 is 1.21 bits per heavy atom. The Balaban J connectivity index is 1.53. The number of carbonyl (C=O) groups excluding carboxylic acids is 2. The number of fused-ring (bicyclic) bond motifs is 1. The molecule has 0 atom stereocenters. The maximum Gasteiger partial charge on any atom is 0.223 e. The lowest BCUT2D eigenvalue weighted by molar-refractivity contribution is -0.134. The van der Waals surface area contributed by atoms with E-state index in [4.69, 9.17) is 0 Å². The maximum atomic E-state index is 12.4. The van der Waals surface area contributed by atoms with E-state index in [0.29, 0.717) is 19.6 Å². The van der Waals surface area contributed by atoms with Crippen LogP contribution in [0.2, 0.25) is 0 Å². The number of carbonyl (C=O) groups is 2. The van der Waals surface area contributed by atoms with Crippen molar-refractivity contribution in [3.05, 3.63) is 29.3 Å². The minimum absolute atomic E-state index is 0.0318. The zero-order valence-corrected chi connectivity index (χ0v) is 14.7. The minimum atomic E-state index is 0.0318. The van der Waals surface area contributed by atoms with Crippen LogP contribution in [0.5, 0.6) is 0 Å². The van der Waals surface area contributed by atoms with E-state index in [9.17, 15) is 9.59 Å². The number of aryl methyl sites for hydroxylation is 1. The van der Waals surface area contributed by atoms with Gasteiger partial charge in [-0.05, 0) is 42.9 Å². The van der Waals surface area contributed by atoms with Crippen LogP contribution >= 0.6 is 0 Å². The number of amides is 2. The minimum Gasteiger partial charge on any atom is -0.374 e. The first-order valence-corrected chi connectivity index (χ1v) is 8.91. The molecular formula is C19H27N3O2. The van der Waals surface area contributed by atoms with Crippen LogP contribution in [0.15, 0.2) is 18.2 Å². The second-order valence-electron chi connectivity index (χ2n) is 6.99. The van der Waals surface area contributed by atoms with Gasteiger partial charge in [0.05, 0.1) is 0 Å². The third-order valence-corrected chi connectivity index (χ3v) is 5.27. The second-order valence-corrected chi connectivity index (χ2v) is 6.99. The number of nitrogens with one attached hydrogen (secondary N) is 1. The lowest BCUT2D eigenvalue weighted by Gasteiger charge is -2.30. The number of likely N-dealkylation sites (tertiary alicyclic amines) is 1. The molecule has 0 radical (unpaired) electrons. The van der Waals surface area contributed by atoms with Crippen LogP contribution in [0.25, 0.3) is 0 Å². The molecule has 0 unspecified atom stereocenters. The van der Waals surface area contributed by atoms with Gasteiger partial charge in [-0.1, -0.05) is 12.1 Å². The molecule has 1 aromatic carbocycles. The first kappa shape index (κ1) is 16.8. The van der Waals surface area contributed by atoms with E-state index >= 15 is 0 Å². The van der Waals surface area contributed by atoms with E-state index in [2.05, 4.69) is 35.5 Å². The summed E-state index contributed by atoms with van der Waals surface area (Å²) in [7, 11) is 2.13. The van der Waals surface area contributed by atoms with Gasteiger partial charge in [0, 0.05) is 51.8 Å². The SMILES string of the molecule is CC(=O)N1CCC(C(=O)NCc2ccc3c(c2)CCCN3C)CC1.